The number of carboxylic acids is 1. The number of rotatable bonds is 5. The molecule has 0 aromatic heterocycles. The molecule has 1 aromatic carbocycles. The molecular weight excluding hydrogens is 210 g/mol. The third-order valence-electron chi connectivity index (χ3n) is 2.26. The average molecular weight is 225 g/mol. The number of hydrogen-bond acceptors (Lipinski definition) is 4. The van der Waals surface area contributed by atoms with Crippen molar-refractivity contribution in [2.75, 3.05) is 7.11 Å². The number of ether oxygens (including phenoxy) is 1. The van der Waals surface area contributed by atoms with Crippen molar-refractivity contribution in [1.82, 2.24) is 5.32 Å². The van der Waals surface area contributed by atoms with E-state index in [1.807, 2.05) is 0 Å². The molecule has 0 saturated heterocycles. The van der Waals surface area contributed by atoms with Gasteiger partial charge in [-0.1, -0.05) is 0 Å². The predicted octanol–water partition coefficient (Wildman–Crippen LogP) is 0.964. The lowest BCUT2D eigenvalue weighted by molar-refractivity contribution is -0.139. The molecule has 0 amide bonds. The van der Waals surface area contributed by atoms with Gasteiger partial charge in [0, 0.05) is 12.1 Å². The third-order valence-corrected chi connectivity index (χ3v) is 2.26. The molecule has 88 valence electrons. The van der Waals surface area contributed by atoms with Crippen LogP contribution in [0.1, 0.15) is 12.5 Å². The van der Waals surface area contributed by atoms with Gasteiger partial charge in [0.1, 0.15) is 17.5 Å². The van der Waals surface area contributed by atoms with Crippen molar-refractivity contribution in [3.05, 3.63) is 23.8 Å². The Morgan fingerprint density at radius 1 is 1.56 bits per heavy atom. The highest BCUT2D eigenvalue weighted by atomic mass is 16.5. The molecule has 1 aromatic rings. The lowest BCUT2D eigenvalue weighted by Gasteiger charge is -2.11. The first kappa shape index (κ1) is 12.3. The van der Waals surface area contributed by atoms with Gasteiger partial charge in [-0.05, 0) is 25.1 Å². The summed E-state index contributed by atoms with van der Waals surface area (Å²) in [4.78, 5) is 10.6. The van der Waals surface area contributed by atoms with Gasteiger partial charge >= 0.3 is 5.97 Å². The van der Waals surface area contributed by atoms with Crippen molar-refractivity contribution in [2.24, 2.45) is 0 Å². The molecule has 1 rings (SSSR count). The van der Waals surface area contributed by atoms with E-state index in [4.69, 9.17) is 9.84 Å². The maximum atomic E-state index is 10.6. The van der Waals surface area contributed by atoms with E-state index in [2.05, 4.69) is 5.32 Å². The zero-order chi connectivity index (χ0) is 12.1. The molecule has 1 unspecified atom stereocenters. The topological polar surface area (TPSA) is 78.8 Å². The van der Waals surface area contributed by atoms with Crippen LogP contribution in [0.5, 0.6) is 11.5 Å². The van der Waals surface area contributed by atoms with Crippen LogP contribution in [0, 0.1) is 0 Å². The maximum absolute atomic E-state index is 10.6. The summed E-state index contributed by atoms with van der Waals surface area (Å²) < 4.78 is 5.01. The lowest BCUT2D eigenvalue weighted by Crippen LogP contribution is -2.33. The fourth-order valence-electron chi connectivity index (χ4n) is 1.18. The Morgan fingerprint density at radius 3 is 2.81 bits per heavy atom. The second-order valence-corrected chi connectivity index (χ2v) is 3.44. The highest BCUT2D eigenvalue weighted by molar-refractivity contribution is 5.72. The number of carbonyl (C=O) groups is 1. The number of nitrogens with one attached hydrogen (secondary N) is 1. The van der Waals surface area contributed by atoms with E-state index in [-0.39, 0.29) is 12.3 Å². The van der Waals surface area contributed by atoms with Crippen LogP contribution in [-0.2, 0) is 11.3 Å². The predicted molar refractivity (Wildman–Crippen MR) is 58.6 cm³/mol. The summed E-state index contributed by atoms with van der Waals surface area (Å²) in [5.74, 6) is -0.189. The van der Waals surface area contributed by atoms with Gasteiger partial charge in [0.05, 0.1) is 7.11 Å². The Kier molecular flexibility index (Phi) is 4.13. The van der Waals surface area contributed by atoms with E-state index in [0.29, 0.717) is 11.3 Å². The molecule has 5 heteroatoms. The number of carboxylic acid groups (broad SMARTS) is 1. The first-order valence-corrected chi connectivity index (χ1v) is 4.86. The summed E-state index contributed by atoms with van der Waals surface area (Å²) in [7, 11) is 1.53. The average Bonchev–Trinajstić information content (AvgIpc) is 2.27. The first-order chi connectivity index (χ1) is 7.54. The lowest BCUT2D eigenvalue weighted by atomic mass is 10.2. The zero-order valence-corrected chi connectivity index (χ0v) is 9.23. The molecule has 0 aliphatic carbocycles. The van der Waals surface area contributed by atoms with Crippen LogP contribution < -0.4 is 10.1 Å². The second kappa shape index (κ2) is 5.37. The molecule has 0 heterocycles. The molecule has 0 aliphatic rings. The maximum Gasteiger partial charge on any atom is 0.320 e. The van der Waals surface area contributed by atoms with Gasteiger partial charge in [-0.15, -0.1) is 0 Å². The number of benzene rings is 1. The van der Waals surface area contributed by atoms with E-state index >= 15 is 0 Å². The number of phenols is 1. The number of aliphatic carboxylic acids is 1. The highest BCUT2D eigenvalue weighted by Gasteiger charge is 2.11. The SMILES string of the molecule is COc1ccc(O)c(CNC(C)C(=O)O)c1. The highest BCUT2D eigenvalue weighted by Crippen LogP contribution is 2.22. The van der Waals surface area contributed by atoms with Gasteiger partial charge in [-0.3, -0.25) is 4.79 Å². The van der Waals surface area contributed by atoms with Crippen molar-refractivity contribution in [1.29, 1.82) is 0 Å². The minimum atomic E-state index is -0.928. The van der Waals surface area contributed by atoms with E-state index in [0.717, 1.165) is 0 Å². The van der Waals surface area contributed by atoms with Crippen molar-refractivity contribution in [3.63, 3.8) is 0 Å². The Balaban J connectivity index is 2.69. The Bertz CT molecular complexity index is 378. The van der Waals surface area contributed by atoms with Gasteiger partial charge in [-0.25, -0.2) is 0 Å². The molecule has 0 radical (unpaired) electrons. The van der Waals surface area contributed by atoms with Gasteiger partial charge in [-0.2, -0.15) is 0 Å². The Labute approximate surface area is 93.7 Å². The summed E-state index contributed by atoms with van der Waals surface area (Å²) in [6, 6.07) is 4.16. The Hall–Kier alpha value is -1.75. The number of hydrogen-bond donors (Lipinski definition) is 3. The monoisotopic (exact) mass is 225 g/mol. The number of methoxy groups -OCH3 is 1. The summed E-state index contributed by atoms with van der Waals surface area (Å²) in [5.41, 5.74) is 0.604. The smallest absolute Gasteiger partial charge is 0.320 e. The quantitative estimate of drug-likeness (QED) is 0.695. The first-order valence-electron chi connectivity index (χ1n) is 4.86. The van der Waals surface area contributed by atoms with E-state index < -0.39 is 12.0 Å². The van der Waals surface area contributed by atoms with E-state index in [9.17, 15) is 9.90 Å². The van der Waals surface area contributed by atoms with Crippen LogP contribution in [0.3, 0.4) is 0 Å². The summed E-state index contributed by atoms with van der Waals surface area (Å²) in [5, 5.41) is 21.0. The van der Waals surface area contributed by atoms with Crippen LogP contribution in [0.2, 0.25) is 0 Å². The largest absolute Gasteiger partial charge is 0.508 e. The normalized spacial score (nSPS) is 12.1. The molecule has 1 atom stereocenters. The van der Waals surface area contributed by atoms with Crippen LogP contribution in [0.4, 0.5) is 0 Å². The molecule has 16 heavy (non-hydrogen) atoms. The van der Waals surface area contributed by atoms with Crippen molar-refractivity contribution >= 4 is 5.97 Å². The standard InChI is InChI=1S/C11H15NO4/c1-7(11(14)15)12-6-8-5-9(16-2)3-4-10(8)13/h3-5,7,12-13H,6H2,1-2H3,(H,14,15). The van der Waals surface area contributed by atoms with Gasteiger partial charge in [0.25, 0.3) is 0 Å². The van der Waals surface area contributed by atoms with E-state index in [1.54, 1.807) is 19.1 Å². The van der Waals surface area contributed by atoms with Crippen LogP contribution in [0.15, 0.2) is 18.2 Å². The van der Waals surface area contributed by atoms with E-state index in [1.165, 1.54) is 13.2 Å². The molecule has 0 aliphatic heterocycles. The van der Waals surface area contributed by atoms with Crippen molar-refractivity contribution in [3.8, 4) is 11.5 Å². The van der Waals surface area contributed by atoms with Crippen LogP contribution >= 0.6 is 0 Å². The second-order valence-electron chi connectivity index (χ2n) is 3.44. The summed E-state index contributed by atoms with van der Waals surface area (Å²) in [6.45, 7) is 1.82. The minimum absolute atomic E-state index is 0.117. The number of phenolic OH excluding ortho intramolecular Hbond substituents is 1. The fourth-order valence-corrected chi connectivity index (χ4v) is 1.18. The summed E-state index contributed by atoms with van der Waals surface area (Å²) in [6.07, 6.45) is 0. The van der Waals surface area contributed by atoms with Crippen molar-refractivity contribution < 1.29 is 19.7 Å². The molecule has 3 N–H and O–H groups in total. The molecule has 0 spiro atoms. The molecule has 0 bridgehead atoms. The van der Waals surface area contributed by atoms with Crippen LogP contribution in [-0.4, -0.2) is 29.3 Å². The van der Waals surface area contributed by atoms with Gasteiger partial charge in [0.2, 0.25) is 0 Å². The zero-order valence-electron chi connectivity index (χ0n) is 9.23. The summed E-state index contributed by atoms with van der Waals surface area (Å²) >= 11 is 0. The van der Waals surface area contributed by atoms with Crippen LogP contribution in [0.25, 0.3) is 0 Å². The minimum Gasteiger partial charge on any atom is -0.508 e. The molecule has 0 fully saturated rings. The molecular formula is C11H15NO4. The van der Waals surface area contributed by atoms with Gasteiger partial charge < -0.3 is 20.3 Å². The Morgan fingerprint density at radius 2 is 2.25 bits per heavy atom. The molecule has 5 nitrogen and oxygen atoms in total. The van der Waals surface area contributed by atoms with Crippen molar-refractivity contribution in [2.45, 2.75) is 19.5 Å². The third kappa shape index (κ3) is 3.13. The molecule has 0 saturated carbocycles. The van der Waals surface area contributed by atoms with Gasteiger partial charge in [0.15, 0.2) is 0 Å². The fraction of sp³-hybridized carbons (Fsp3) is 0.364. The number of aromatic hydroxyl groups is 1.